The summed E-state index contributed by atoms with van der Waals surface area (Å²) in [5.41, 5.74) is 2.39. The molecule has 0 radical (unpaired) electrons. The number of ketones is 1. The lowest BCUT2D eigenvalue weighted by Gasteiger charge is -2.21. The molecular formula is C34H53NO4. The molecule has 2 rings (SSSR count). The normalized spacial score (nSPS) is 13.0. The molecule has 0 amide bonds. The second-order valence-corrected chi connectivity index (χ2v) is 10.6. The molecule has 218 valence electrons. The van der Waals surface area contributed by atoms with E-state index in [9.17, 15) is 15.1 Å². The van der Waals surface area contributed by atoms with Crippen LogP contribution >= 0.6 is 0 Å². The Morgan fingerprint density at radius 3 is 1.69 bits per heavy atom. The van der Waals surface area contributed by atoms with Crippen molar-refractivity contribution in [2.45, 2.75) is 110 Å². The molecule has 0 fully saturated rings. The van der Waals surface area contributed by atoms with Crippen molar-refractivity contribution in [3.8, 4) is 0 Å². The first-order chi connectivity index (χ1) is 19.0. The first-order valence-electron chi connectivity index (χ1n) is 15.2. The number of hydrogen-bond acceptors (Lipinski definition) is 5. The highest BCUT2D eigenvalue weighted by atomic mass is 16.4. The summed E-state index contributed by atoms with van der Waals surface area (Å²) in [6.07, 6.45) is 12.8. The highest BCUT2D eigenvalue weighted by Crippen LogP contribution is 2.24. The fourth-order valence-electron chi connectivity index (χ4n) is 4.89. The van der Waals surface area contributed by atoms with Gasteiger partial charge in [0.05, 0.1) is 5.71 Å². The lowest BCUT2D eigenvalue weighted by Crippen LogP contribution is -2.29. The third-order valence-corrected chi connectivity index (χ3v) is 7.33. The number of hydrogen-bond donors (Lipinski definition) is 3. The fourth-order valence-corrected chi connectivity index (χ4v) is 4.89. The van der Waals surface area contributed by atoms with Gasteiger partial charge in [0.2, 0.25) is 0 Å². The molecule has 2 atom stereocenters. The number of carbonyl (C=O) groups excluding carboxylic acids is 1. The molecule has 0 saturated heterocycles. The van der Waals surface area contributed by atoms with Crippen LogP contribution in [0.1, 0.15) is 120 Å². The first-order valence-corrected chi connectivity index (χ1v) is 15.2. The number of carbonyl (C=O) groups is 1. The highest BCUT2D eigenvalue weighted by Gasteiger charge is 2.26. The van der Waals surface area contributed by atoms with Gasteiger partial charge in [-0.25, -0.2) is 0 Å². The Morgan fingerprint density at radius 2 is 1.21 bits per heavy atom. The van der Waals surface area contributed by atoms with Crippen LogP contribution in [-0.2, 0) is 0 Å². The Kier molecular flexibility index (Phi) is 19.8. The lowest BCUT2D eigenvalue weighted by molar-refractivity contribution is 0.0564. The van der Waals surface area contributed by atoms with Crippen molar-refractivity contribution in [2.24, 2.45) is 17.0 Å². The van der Waals surface area contributed by atoms with Gasteiger partial charge >= 0.3 is 0 Å². The van der Waals surface area contributed by atoms with Gasteiger partial charge in [-0.05, 0) is 49.5 Å². The van der Waals surface area contributed by atoms with Crippen LogP contribution in [0, 0.1) is 11.8 Å². The van der Waals surface area contributed by atoms with Crippen LogP contribution in [-0.4, -0.2) is 39.6 Å². The van der Waals surface area contributed by atoms with E-state index in [1.807, 2.05) is 48.5 Å². The largest absolute Gasteiger partial charge is 0.411 e. The van der Waals surface area contributed by atoms with E-state index in [1.54, 1.807) is 12.1 Å². The van der Waals surface area contributed by atoms with Crippen LogP contribution in [0.3, 0.4) is 0 Å². The van der Waals surface area contributed by atoms with Gasteiger partial charge in [0.25, 0.3) is 0 Å². The van der Waals surface area contributed by atoms with Crippen molar-refractivity contribution >= 4 is 11.5 Å². The summed E-state index contributed by atoms with van der Waals surface area (Å²) in [7, 11) is 0. The number of benzene rings is 2. The van der Waals surface area contributed by atoms with Crippen LogP contribution in [0.5, 0.6) is 0 Å². The average Bonchev–Trinajstić information content (AvgIpc) is 2.99. The van der Waals surface area contributed by atoms with E-state index in [-0.39, 0.29) is 18.3 Å². The molecule has 2 aromatic carbocycles. The molecule has 0 aliphatic heterocycles. The van der Waals surface area contributed by atoms with E-state index >= 15 is 0 Å². The highest BCUT2D eigenvalue weighted by molar-refractivity contribution is 6.00. The number of rotatable bonds is 19. The van der Waals surface area contributed by atoms with E-state index < -0.39 is 6.10 Å². The number of unbranched alkanes of at least 4 members (excludes halogenated alkanes) is 4. The third kappa shape index (κ3) is 14.5. The average molecular weight is 540 g/mol. The van der Waals surface area contributed by atoms with Gasteiger partial charge < -0.3 is 15.4 Å². The zero-order valence-electron chi connectivity index (χ0n) is 24.6. The maximum absolute atomic E-state index is 12.3. The molecule has 3 N–H and O–H groups in total. The van der Waals surface area contributed by atoms with Gasteiger partial charge in [0, 0.05) is 12.2 Å². The summed E-state index contributed by atoms with van der Waals surface area (Å²) >= 11 is 0. The van der Waals surface area contributed by atoms with Gasteiger partial charge in [-0.3, -0.25) is 4.79 Å². The van der Waals surface area contributed by atoms with Crippen LogP contribution in [0.4, 0.5) is 0 Å². The Labute approximate surface area is 237 Å². The Bertz CT molecular complexity index is 877. The smallest absolute Gasteiger partial charge is 0.191 e. The van der Waals surface area contributed by atoms with Gasteiger partial charge in [-0.1, -0.05) is 138 Å². The molecule has 0 aliphatic carbocycles. The van der Waals surface area contributed by atoms with E-state index in [2.05, 4.69) is 25.9 Å². The molecule has 0 heterocycles. The maximum Gasteiger partial charge on any atom is 0.191 e. The van der Waals surface area contributed by atoms with E-state index in [4.69, 9.17) is 5.11 Å². The Morgan fingerprint density at radius 1 is 0.718 bits per heavy atom. The quantitative estimate of drug-likeness (QED) is 0.0549. The molecule has 2 aromatic rings. The van der Waals surface area contributed by atoms with E-state index in [0.29, 0.717) is 11.5 Å². The van der Waals surface area contributed by atoms with Crippen molar-refractivity contribution in [1.29, 1.82) is 0 Å². The topological polar surface area (TPSA) is 90.1 Å². The molecule has 5 nitrogen and oxygen atoms in total. The van der Waals surface area contributed by atoms with Crippen molar-refractivity contribution in [2.75, 3.05) is 6.61 Å². The van der Waals surface area contributed by atoms with Crippen molar-refractivity contribution in [3.05, 3.63) is 71.8 Å². The van der Waals surface area contributed by atoms with Gasteiger partial charge in [-0.2, -0.15) is 0 Å². The summed E-state index contributed by atoms with van der Waals surface area (Å²) in [5.74, 6) is 0.512. The number of aliphatic hydroxyl groups excluding tert-OH is 2. The summed E-state index contributed by atoms with van der Waals surface area (Å²) in [5, 5.41) is 32.0. The van der Waals surface area contributed by atoms with Gasteiger partial charge in [0.15, 0.2) is 5.78 Å². The summed E-state index contributed by atoms with van der Waals surface area (Å²) < 4.78 is 0. The van der Waals surface area contributed by atoms with Crippen LogP contribution in [0.25, 0.3) is 0 Å². The zero-order valence-corrected chi connectivity index (χ0v) is 24.6. The Balaban J connectivity index is 0.000000391. The van der Waals surface area contributed by atoms with Crippen LogP contribution in [0.2, 0.25) is 0 Å². The minimum atomic E-state index is -0.847. The number of oxime groups is 1. The predicted octanol–water partition coefficient (Wildman–Crippen LogP) is 8.45. The van der Waals surface area contributed by atoms with E-state index in [1.165, 1.54) is 12.8 Å². The minimum Gasteiger partial charge on any atom is -0.411 e. The molecule has 0 aliphatic rings. The molecule has 39 heavy (non-hydrogen) atoms. The van der Waals surface area contributed by atoms with Crippen molar-refractivity contribution in [1.82, 2.24) is 0 Å². The number of Topliss-reactive ketones (excluding diaryl/α,β-unsaturated/α-hetero) is 1. The molecule has 2 unspecified atom stereocenters. The second-order valence-electron chi connectivity index (χ2n) is 10.6. The Hall–Kier alpha value is -2.50. The fraction of sp³-hybridized carbons (Fsp3) is 0.588. The maximum atomic E-state index is 12.3. The molecule has 5 heteroatoms. The SMILES string of the molecule is CCCCC(CCCC)C(O)C(=O)c1ccccc1.CCCCC(CCCCO)CC(=NO)c1ccccc1. The molecular weight excluding hydrogens is 486 g/mol. The van der Waals surface area contributed by atoms with Gasteiger partial charge in [-0.15, -0.1) is 0 Å². The second kappa shape index (κ2) is 22.3. The van der Waals surface area contributed by atoms with Crippen molar-refractivity contribution < 1.29 is 20.2 Å². The van der Waals surface area contributed by atoms with Crippen LogP contribution in [0.15, 0.2) is 65.8 Å². The zero-order chi connectivity index (χ0) is 28.7. The number of aliphatic hydroxyl groups is 2. The van der Waals surface area contributed by atoms with E-state index in [0.717, 1.165) is 81.9 Å². The molecule has 0 saturated carbocycles. The summed E-state index contributed by atoms with van der Waals surface area (Å²) in [6, 6.07) is 19.0. The number of nitrogens with zero attached hydrogens (tertiary/aromatic N) is 1. The third-order valence-electron chi connectivity index (χ3n) is 7.33. The molecule has 0 bridgehead atoms. The first kappa shape index (κ1) is 34.5. The standard InChI is InChI=1S/C17H27NO2.C17H26O2/c1-2-3-9-15(10-7-8-13-19)14-17(18-20)16-11-5-4-6-12-16;1-3-5-10-14(11-6-4-2)16(18)17(19)15-12-8-7-9-13-15/h4-6,11-12,15,19-20H,2-3,7-10,13-14H2,1H3;7-9,12-14,16,18H,3-6,10-11H2,1-2H3. The molecule has 0 aromatic heterocycles. The summed E-state index contributed by atoms with van der Waals surface area (Å²) in [4.78, 5) is 12.3. The monoisotopic (exact) mass is 539 g/mol. The van der Waals surface area contributed by atoms with Crippen LogP contribution < -0.4 is 0 Å². The van der Waals surface area contributed by atoms with Gasteiger partial charge in [0.1, 0.15) is 6.10 Å². The lowest BCUT2D eigenvalue weighted by atomic mass is 9.87. The predicted molar refractivity (Wildman–Crippen MR) is 163 cm³/mol. The molecule has 0 spiro atoms. The van der Waals surface area contributed by atoms with Crippen molar-refractivity contribution in [3.63, 3.8) is 0 Å². The minimum absolute atomic E-state index is 0.104. The summed E-state index contributed by atoms with van der Waals surface area (Å²) in [6.45, 7) is 6.74.